The molecule has 0 atom stereocenters. The molecule has 3 rings (SSSR count). The highest BCUT2D eigenvalue weighted by atomic mass is 35.5. The van der Waals surface area contributed by atoms with Crippen LogP contribution in [0.25, 0.3) is 6.08 Å². The Morgan fingerprint density at radius 1 is 1.20 bits per heavy atom. The molecule has 0 unspecified atom stereocenters. The number of nitrogens with zero attached hydrogens (tertiary/aromatic N) is 4. The zero-order valence-corrected chi connectivity index (χ0v) is 16.1. The molecule has 3 aromatic rings. The largest absolute Gasteiger partial charge is 0.454 e. The van der Waals surface area contributed by atoms with Gasteiger partial charge in [0.1, 0.15) is 5.02 Å². The molecule has 0 saturated carbocycles. The lowest BCUT2D eigenvalue weighted by Gasteiger charge is -2.07. The van der Waals surface area contributed by atoms with Crippen molar-refractivity contribution in [2.45, 2.75) is 6.61 Å². The highest BCUT2D eigenvalue weighted by Gasteiger charge is 2.12. The summed E-state index contributed by atoms with van der Waals surface area (Å²) in [6, 6.07) is 13.4. The number of halogens is 1. The van der Waals surface area contributed by atoms with Gasteiger partial charge in [-0.1, -0.05) is 35.9 Å². The summed E-state index contributed by atoms with van der Waals surface area (Å²) in [5, 5.41) is 13.9. The van der Waals surface area contributed by atoms with Crippen LogP contribution in [0.15, 0.2) is 54.6 Å². The Balaban J connectivity index is 1.62. The summed E-state index contributed by atoms with van der Waals surface area (Å²) in [4.78, 5) is 34.3. The molecule has 30 heavy (non-hydrogen) atoms. The van der Waals surface area contributed by atoms with Gasteiger partial charge < -0.3 is 15.8 Å². The predicted octanol–water partition coefficient (Wildman–Crippen LogP) is 3.52. The lowest BCUT2D eigenvalue weighted by atomic mass is 10.2. The van der Waals surface area contributed by atoms with Crippen LogP contribution in [0.4, 0.5) is 23.3 Å². The lowest BCUT2D eigenvalue weighted by Crippen LogP contribution is -2.10. The Hall–Kier alpha value is -4.05. The van der Waals surface area contributed by atoms with E-state index in [0.29, 0.717) is 5.56 Å². The van der Waals surface area contributed by atoms with Gasteiger partial charge >= 0.3 is 5.97 Å². The van der Waals surface area contributed by atoms with Crippen LogP contribution >= 0.6 is 11.6 Å². The molecule has 152 valence electrons. The number of carbonyl (C=O) groups is 1. The molecule has 0 amide bonds. The van der Waals surface area contributed by atoms with E-state index in [2.05, 4.69) is 20.3 Å². The van der Waals surface area contributed by atoms with Crippen LogP contribution in [-0.4, -0.2) is 25.8 Å². The molecule has 0 fully saturated rings. The topological polar surface area (TPSA) is 146 Å². The minimum Gasteiger partial charge on any atom is -0.454 e. The van der Waals surface area contributed by atoms with Crippen molar-refractivity contribution in [1.29, 1.82) is 0 Å². The molecule has 0 radical (unpaired) electrons. The molecule has 1 aromatic heterocycles. The van der Waals surface area contributed by atoms with E-state index in [0.717, 1.165) is 11.8 Å². The molecule has 10 nitrogen and oxygen atoms in total. The second-order valence-corrected chi connectivity index (χ2v) is 6.24. The van der Waals surface area contributed by atoms with Crippen LogP contribution < -0.4 is 11.1 Å². The fourth-order valence-electron chi connectivity index (χ4n) is 2.33. The molecule has 2 aromatic carbocycles. The quantitative estimate of drug-likeness (QED) is 0.250. The van der Waals surface area contributed by atoms with E-state index < -0.39 is 10.9 Å². The number of aromatic nitrogens is 3. The number of nitrogen functional groups attached to an aromatic ring is 1. The Morgan fingerprint density at radius 2 is 1.97 bits per heavy atom. The second kappa shape index (κ2) is 9.43. The van der Waals surface area contributed by atoms with Crippen molar-refractivity contribution in [2.24, 2.45) is 0 Å². The molecule has 0 bridgehead atoms. The fraction of sp³-hybridized carbons (Fsp3) is 0.0526. The average molecular weight is 427 g/mol. The highest BCUT2D eigenvalue weighted by Crippen LogP contribution is 2.25. The zero-order chi connectivity index (χ0) is 21.5. The monoisotopic (exact) mass is 426 g/mol. The van der Waals surface area contributed by atoms with Crippen LogP contribution in [0.5, 0.6) is 0 Å². The minimum absolute atomic E-state index is 0.00654. The van der Waals surface area contributed by atoms with Crippen molar-refractivity contribution in [1.82, 2.24) is 15.0 Å². The molecule has 11 heteroatoms. The highest BCUT2D eigenvalue weighted by molar-refractivity contribution is 6.32. The van der Waals surface area contributed by atoms with E-state index in [-0.39, 0.29) is 35.0 Å². The van der Waals surface area contributed by atoms with Gasteiger partial charge in [0, 0.05) is 17.8 Å². The maximum Gasteiger partial charge on any atom is 0.331 e. The van der Waals surface area contributed by atoms with Crippen LogP contribution in [0.1, 0.15) is 11.4 Å². The Bertz CT molecular complexity index is 1110. The van der Waals surface area contributed by atoms with E-state index in [1.807, 2.05) is 30.3 Å². The van der Waals surface area contributed by atoms with E-state index in [9.17, 15) is 14.9 Å². The molecule has 0 aliphatic carbocycles. The van der Waals surface area contributed by atoms with Crippen molar-refractivity contribution < 1.29 is 14.5 Å². The summed E-state index contributed by atoms with van der Waals surface area (Å²) in [5.74, 6) is -0.351. The maximum absolute atomic E-state index is 11.9. The third kappa shape index (κ3) is 5.72. The smallest absolute Gasteiger partial charge is 0.331 e. The first kappa shape index (κ1) is 20.7. The van der Waals surface area contributed by atoms with Gasteiger partial charge in [0.05, 0.1) is 4.92 Å². The van der Waals surface area contributed by atoms with Gasteiger partial charge in [-0.05, 0) is 29.8 Å². The number of ether oxygens (including phenoxy) is 1. The Labute approximate surface area is 175 Å². The van der Waals surface area contributed by atoms with Gasteiger partial charge in [0.15, 0.2) is 12.4 Å². The first-order valence-corrected chi connectivity index (χ1v) is 8.90. The summed E-state index contributed by atoms with van der Waals surface area (Å²) in [6.07, 6.45) is 2.50. The lowest BCUT2D eigenvalue weighted by molar-refractivity contribution is -0.384. The van der Waals surface area contributed by atoms with Gasteiger partial charge in [-0.15, -0.1) is 0 Å². The Kier molecular flexibility index (Phi) is 6.50. The number of anilines is 3. The van der Waals surface area contributed by atoms with E-state index in [1.165, 1.54) is 24.3 Å². The maximum atomic E-state index is 11.9. The van der Waals surface area contributed by atoms with E-state index in [1.54, 1.807) is 0 Å². The predicted molar refractivity (Wildman–Crippen MR) is 111 cm³/mol. The third-order valence-electron chi connectivity index (χ3n) is 3.65. The SMILES string of the molecule is Nc1nc(COC(=O)/C=C/c2ccc(Cl)c([N+](=O)[O-])c2)nc(Nc2ccccc2)n1. The molecular weight excluding hydrogens is 412 g/mol. The summed E-state index contributed by atoms with van der Waals surface area (Å²) in [5.41, 5.74) is 6.60. The number of hydrogen-bond acceptors (Lipinski definition) is 9. The number of nitro groups is 1. The fourth-order valence-corrected chi connectivity index (χ4v) is 2.52. The standard InChI is InChI=1S/C19H15ClN6O4/c20-14-8-6-12(10-15(14)26(28)29)7-9-17(27)30-11-16-23-18(21)25-19(24-16)22-13-4-2-1-3-5-13/h1-10H,11H2,(H3,21,22,23,24,25)/b9-7+. The number of benzene rings is 2. The van der Waals surface area contributed by atoms with Gasteiger partial charge in [0.2, 0.25) is 11.9 Å². The van der Waals surface area contributed by atoms with Gasteiger partial charge in [0.25, 0.3) is 5.69 Å². The van der Waals surface area contributed by atoms with Gasteiger partial charge in [-0.2, -0.15) is 15.0 Å². The second-order valence-electron chi connectivity index (χ2n) is 5.83. The van der Waals surface area contributed by atoms with Gasteiger partial charge in [-0.3, -0.25) is 10.1 Å². The molecule has 0 spiro atoms. The normalized spacial score (nSPS) is 10.7. The summed E-state index contributed by atoms with van der Waals surface area (Å²) >= 11 is 5.76. The molecule has 0 aliphatic rings. The van der Waals surface area contributed by atoms with Crippen LogP contribution in [0.2, 0.25) is 5.02 Å². The van der Waals surface area contributed by atoms with Crippen LogP contribution in [0, 0.1) is 10.1 Å². The number of nitrogens with one attached hydrogen (secondary N) is 1. The number of esters is 1. The molecule has 1 heterocycles. The molecular formula is C19H15ClN6O4. The number of rotatable bonds is 7. The van der Waals surface area contributed by atoms with Crippen molar-refractivity contribution >= 4 is 46.9 Å². The number of para-hydroxylation sites is 1. The van der Waals surface area contributed by atoms with Gasteiger partial charge in [-0.25, -0.2) is 4.79 Å². The Morgan fingerprint density at radius 3 is 2.70 bits per heavy atom. The third-order valence-corrected chi connectivity index (χ3v) is 3.97. The number of hydrogen-bond donors (Lipinski definition) is 2. The molecule has 0 saturated heterocycles. The molecule has 3 N–H and O–H groups in total. The van der Waals surface area contributed by atoms with Crippen molar-refractivity contribution in [3.8, 4) is 0 Å². The van der Waals surface area contributed by atoms with E-state index in [4.69, 9.17) is 22.1 Å². The number of nitro benzene ring substituents is 1. The number of carbonyl (C=O) groups excluding carboxylic acids is 1. The summed E-state index contributed by atoms with van der Waals surface area (Å²) in [7, 11) is 0. The van der Waals surface area contributed by atoms with Crippen molar-refractivity contribution in [3.63, 3.8) is 0 Å². The van der Waals surface area contributed by atoms with E-state index >= 15 is 0 Å². The molecule has 0 aliphatic heterocycles. The summed E-state index contributed by atoms with van der Waals surface area (Å²) in [6.45, 7) is -0.236. The average Bonchev–Trinajstić information content (AvgIpc) is 2.72. The van der Waals surface area contributed by atoms with Crippen molar-refractivity contribution in [3.05, 3.63) is 81.1 Å². The first-order valence-electron chi connectivity index (χ1n) is 8.52. The zero-order valence-electron chi connectivity index (χ0n) is 15.4. The van der Waals surface area contributed by atoms with Crippen molar-refractivity contribution in [2.75, 3.05) is 11.1 Å². The first-order chi connectivity index (χ1) is 14.4. The number of nitrogens with two attached hydrogens (primary N) is 1. The summed E-state index contributed by atoms with van der Waals surface area (Å²) < 4.78 is 5.09. The van der Waals surface area contributed by atoms with Crippen LogP contribution in [0.3, 0.4) is 0 Å². The van der Waals surface area contributed by atoms with Crippen LogP contribution in [-0.2, 0) is 16.1 Å². The minimum atomic E-state index is -0.691.